The first-order valence-corrected chi connectivity index (χ1v) is 15.6. The fourth-order valence-electron chi connectivity index (χ4n) is 7.24. The lowest BCUT2D eigenvalue weighted by Gasteiger charge is -2.46. The summed E-state index contributed by atoms with van der Waals surface area (Å²) in [5.41, 5.74) is 5.26. The number of rotatable bonds is 8. The van der Waals surface area contributed by atoms with Gasteiger partial charge in [-0.1, -0.05) is 44.3 Å². The largest absolute Gasteiger partial charge is 0.513 e. The van der Waals surface area contributed by atoms with Crippen molar-refractivity contribution < 1.29 is 14.6 Å². The molecule has 2 aromatic rings. The van der Waals surface area contributed by atoms with E-state index >= 15 is 0 Å². The van der Waals surface area contributed by atoms with Gasteiger partial charge in [0.05, 0.1) is 11.5 Å². The Bertz CT molecular complexity index is 1390. The summed E-state index contributed by atoms with van der Waals surface area (Å²) in [7, 11) is 2.15. The molecule has 1 aliphatic carbocycles. The number of aliphatic hydroxyl groups is 1. The standard InChI is InChI=1S/C35H47N5O3/c1-8-33(42)39-19-23(3)40(24(4)20-39)34-31-16-22(2)30(26(6)29-14-10-9-12-27(29)17-25(5)41)18-32(31)36-35(37-34)43-21-28-13-11-15-38(28)7/h8-10,12,14,17,22-24,28,30,41H,1,6,11,13,15-16,18-21H2,2-5,7H3/b25-17+/t22-,23+,24+,28+,30-/m1/s1. The molecule has 5 rings (SSSR count). The number of piperazine rings is 1. The number of carbonyl (C=O) groups excluding carboxylic acids is 1. The van der Waals surface area contributed by atoms with E-state index in [0.29, 0.717) is 37.7 Å². The van der Waals surface area contributed by atoms with Crippen LogP contribution >= 0.6 is 0 Å². The van der Waals surface area contributed by atoms with Gasteiger partial charge < -0.3 is 24.5 Å². The molecular weight excluding hydrogens is 538 g/mol. The molecule has 8 nitrogen and oxygen atoms in total. The molecule has 3 heterocycles. The van der Waals surface area contributed by atoms with E-state index in [9.17, 15) is 9.90 Å². The number of aliphatic hydroxyl groups excluding tert-OH is 1. The minimum atomic E-state index is -0.0331. The number of likely N-dealkylation sites (tertiary alicyclic amines) is 1. The molecule has 0 spiro atoms. The van der Waals surface area contributed by atoms with Crippen molar-refractivity contribution in [2.45, 2.75) is 71.5 Å². The highest BCUT2D eigenvalue weighted by atomic mass is 16.5. The number of ether oxygens (including phenoxy) is 1. The maximum Gasteiger partial charge on any atom is 0.318 e. The summed E-state index contributed by atoms with van der Waals surface area (Å²) in [6.45, 7) is 19.4. The molecule has 1 aromatic carbocycles. The SMILES string of the molecule is C=CC(=O)N1C[C@H](C)N(c2nc(OC[C@@H]3CCCN3C)nc3c2C[C@@H](C)[C@H](C(=C)c2ccccc2/C=C(\C)O)C3)[C@@H](C)C1. The predicted octanol–water partition coefficient (Wildman–Crippen LogP) is 5.54. The highest BCUT2D eigenvalue weighted by Gasteiger charge is 2.38. The minimum absolute atomic E-state index is 0.0331. The second-order valence-electron chi connectivity index (χ2n) is 12.8. The zero-order chi connectivity index (χ0) is 30.8. The normalized spacial score (nSPS) is 26.3. The summed E-state index contributed by atoms with van der Waals surface area (Å²) in [4.78, 5) is 29.2. The number of amides is 1. The van der Waals surface area contributed by atoms with Crippen molar-refractivity contribution in [3.63, 3.8) is 0 Å². The molecule has 3 aliphatic rings. The number of allylic oxidation sites excluding steroid dienone is 2. The monoisotopic (exact) mass is 585 g/mol. The Hall–Kier alpha value is -3.65. The van der Waals surface area contributed by atoms with Gasteiger partial charge in [-0.25, -0.2) is 0 Å². The highest BCUT2D eigenvalue weighted by molar-refractivity contribution is 5.87. The summed E-state index contributed by atoms with van der Waals surface area (Å²) in [5.74, 6) is 1.65. The van der Waals surface area contributed by atoms with Gasteiger partial charge in [-0.05, 0) is 101 Å². The Morgan fingerprint density at radius 1 is 1.14 bits per heavy atom. The van der Waals surface area contributed by atoms with Gasteiger partial charge in [-0.15, -0.1) is 0 Å². The van der Waals surface area contributed by atoms with E-state index in [1.807, 2.05) is 23.1 Å². The summed E-state index contributed by atoms with van der Waals surface area (Å²) in [6.07, 6.45) is 7.05. The van der Waals surface area contributed by atoms with E-state index in [-0.39, 0.29) is 29.7 Å². The average Bonchev–Trinajstić information content (AvgIpc) is 3.39. The van der Waals surface area contributed by atoms with Crippen LogP contribution in [0, 0.1) is 11.8 Å². The first-order valence-electron chi connectivity index (χ1n) is 15.6. The van der Waals surface area contributed by atoms with Crippen LogP contribution in [-0.2, 0) is 17.6 Å². The van der Waals surface area contributed by atoms with Gasteiger partial charge in [0, 0.05) is 36.8 Å². The molecule has 230 valence electrons. The van der Waals surface area contributed by atoms with E-state index < -0.39 is 0 Å². The third-order valence-corrected chi connectivity index (χ3v) is 9.52. The predicted molar refractivity (Wildman–Crippen MR) is 173 cm³/mol. The molecule has 1 amide bonds. The third kappa shape index (κ3) is 6.49. The highest BCUT2D eigenvalue weighted by Crippen LogP contribution is 2.42. The van der Waals surface area contributed by atoms with Gasteiger partial charge in [-0.3, -0.25) is 4.79 Å². The van der Waals surface area contributed by atoms with Crippen LogP contribution in [0.3, 0.4) is 0 Å². The molecule has 8 heteroatoms. The zero-order valence-corrected chi connectivity index (χ0v) is 26.4. The number of nitrogens with zero attached hydrogens (tertiary/aromatic N) is 5. The molecule has 0 bridgehead atoms. The zero-order valence-electron chi connectivity index (χ0n) is 26.4. The van der Waals surface area contributed by atoms with E-state index in [4.69, 9.17) is 14.7 Å². The van der Waals surface area contributed by atoms with E-state index in [1.54, 1.807) is 13.0 Å². The Morgan fingerprint density at radius 2 is 1.86 bits per heavy atom. The van der Waals surface area contributed by atoms with Crippen LogP contribution in [-0.4, -0.2) is 82.2 Å². The van der Waals surface area contributed by atoms with Crippen molar-refractivity contribution in [1.82, 2.24) is 19.8 Å². The molecule has 0 unspecified atom stereocenters. The van der Waals surface area contributed by atoms with E-state index in [0.717, 1.165) is 54.0 Å². The second-order valence-corrected chi connectivity index (χ2v) is 12.8. The van der Waals surface area contributed by atoms with Crippen LogP contribution in [0.4, 0.5) is 5.82 Å². The number of likely N-dealkylation sites (N-methyl/N-ethyl adjacent to an activating group) is 1. The topological polar surface area (TPSA) is 82.0 Å². The summed E-state index contributed by atoms with van der Waals surface area (Å²) < 4.78 is 6.35. The molecular formula is C35H47N5O3. The van der Waals surface area contributed by atoms with Crippen LogP contribution in [0.5, 0.6) is 6.01 Å². The first-order chi connectivity index (χ1) is 20.6. The number of aromatic nitrogens is 2. The van der Waals surface area contributed by atoms with Gasteiger partial charge in [0.15, 0.2) is 0 Å². The number of carbonyl (C=O) groups is 1. The lowest BCUT2D eigenvalue weighted by molar-refractivity contribution is -0.127. The maximum absolute atomic E-state index is 12.5. The third-order valence-electron chi connectivity index (χ3n) is 9.52. The van der Waals surface area contributed by atoms with Gasteiger partial charge in [0.2, 0.25) is 5.91 Å². The van der Waals surface area contributed by atoms with Crippen LogP contribution in [0.15, 0.2) is 49.3 Å². The molecule has 2 aliphatic heterocycles. The van der Waals surface area contributed by atoms with Crippen LogP contribution in [0.2, 0.25) is 0 Å². The van der Waals surface area contributed by atoms with Crippen molar-refractivity contribution >= 4 is 23.4 Å². The van der Waals surface area contributed by atoms with Crippen LogP contribution in [0.1, 0.15) is 62.9 Å². The number of hydrogen-bond acceptors (Lipinski definition) is 7. The number of hydrogen-bond donors (Lipinski definition) is 1. The molecule has 0 saturated carbocycles. The Labute approximate surface area is 256 Å². The number of fused-ring (bicyclic) bond motifs is 1. The Kier molecular flexibility index (Phi) is 9.25. The molecule has 1 aromatic heterocycles. The first kappa shape index (κ1) is 30.8. The Balaban J connectivity index is 1.50. The average molecular weight is 586 g/mol. The molecule has 1 N–H and O–H groups in total. The van der Waals surface area contributed by atoms with Crippen LogP contribution in [0.25, 0.3) is 11.6 Å². The van der Waals surface area contributed by atoms with Gasteiger partial charge >= 0.3 is 6.01 Å². The van der Waals surface area contributed by atoms with E-state index in [2.05, 4.69) is 56.8 Å². The summed E-state index contributed by atoms with van der Waals surface area (Å²) >= 11 is 0. The molecule has 0 radical (unpaired) electrons. The minimum Gasteiger partial charge on any atom is -0.513 e. The number of anilines is 1. The van der Waals surface area contributed by atoms with Crippen LogP contribution < -0.4 is 9.64 Å². The van der Waals surface area contributed by atoms with Gasteiger partial charge in [0.1, 0.15) is 12.4 Å². The molecule has 2 saturated heterocycles. The molecule has 43 heavy (non-hydrogen) atoms. The fraction of sp³-hybridized carbons (Fsp3) is 0.514. The van der Waals surface area contributed by atoms with Crippen molar-refractivity contribution in [1.29, 1.82) is 0 Å². The second kappa shape index (κ2) is 12.9. The van der Waals surface area contributed by atoms with Gasteiger partial charge in [-0.2, -0.15) is 9.97 Å². The quantitative estimate of drug-likeness (QED) is 0.322. The molecule has 5 atom stereocenters. The maximum atomic E-state index is 12.5. The smallest absolute Gasteiger partial charge is 0.318 e. The summed E-state index contributed by atoms with van der Waals surface area (Å²) in [5, 5.41) is 10.0. The van der Waals surface area contributed by atoms with Crippen molar-refractivity contribution in [3.8, 4) is 6.01 Å². The number of benzene rings is 1. The lowest BCUT2D eigenvalue weighted by Crippen LogP contribution is -2.58. The lowest BCUT2D eigenvalue weighted by atomic mass is 9.73. The van der Waals surface area contributed by atoms with E-state index in [1.165, 1.54) is 18.1 Å². The Morgan fingerprint density at radius 3 is 2.51 bits per heavy atom. The van der Waals surface area contributed by atoms with Crippen molar-refractivity contribution in [2.24, 2.45) is 11.8 Å². The fourth-order valence-corrected chi connectivity index (χ4v) is 7.24. The molecule has 2 fully saturated rings. The van der Waals surface area contributed by atoms with Crippen molar-refractivity contribution in [3.05, 3.63) is 71.6 Å². The van der Waals surface area contributed by atoms with Gasteiger partial charge in [0.25, 0.3) is 0 Å². The van der Waals surface area contributed by atoms with Crippen molar-refractivity contribution in [2.75, 3.05) is 38.2 Å². The summed E-state index contributed by atoms with van der Waals surface area (Å²) in [6, 6.07) is 9.06.